The maximum absolute atomic E-state index is 12.1. The van der Waals surface area contributed by atoms with Crippen LogP contribution in [0, 0.1) is 5.92 Å². The fraction of sp³-hybridized carbons (Fsp3) is 0.333. The summed E-state index contributed by atoms with van der Waals surface area (Å²) in [5, 5.41) is 8.91. The standard InChI is InChI=1S/C12H15N3O5S/c1-2-7(11(16)17)6-13-21(19,20)8-3-4-9-10(5-8)15-12(18)14-9/h3-5,7,13H,2,6H2,1H3,(H,16,17)(H2,14,15,18). The third-order valence-electron chi connectivity index (χ3n) is 3.16. The number of imidazole rings is 1. The number of carboxylic acids is 1. The Morgan fingerprint density at radius 3 is 2.62 bits per heavy atom. The summed E-state index contributed by atoms with van der Waals surface area (Å²) < 4.78 is 26.5. The molecule has 1 aromatic heterocycles. The van der Waals surface area contributed by atoms with Crippen LogP contribution in [0.3, 0.4) is 0 Å². The summed E-state index contributed by atoms with van der Waals surface area (Å²) in [7, 11) is -3.83. The number of benzene rings is 1. The predicted molar refractivity (Wildman–Crippen MR) is 75.5 cm³/mol. The third kappa shape index (κ3) is 3.31. The Morgan fingerprint density at radius 1 is 1.33 bits per heavy atom. The molecule has 2 rings (SSSR count). The summed E-state index contributed by atoms with van der Waals surface area (Å²) >= 11 is 0. The van der Waals surface area contributed by atoms with Gasteiger partial charge in [0.25, 0.3) is 0 Å². The lowest BCUT2D eigenvalue weighted by Crippen LogP contribution is -2.32. The lowest BCUT2D eigenvalue weighted by Gasteiger charge is -2.11. The van der Waals surface area contributed by atoms with Crippen molar-refractivity contribution in [2.24, 2.45) is 5.92 Å². The van der Waals surface area contributed by atoms with Crippen LogP contribution in [0.4, 0.5) is 0 Å². The van der Waals surface area contributed by atoms with Crippen LogP contribution in [0.25, 0.3) is 11.0 Å². The minimum Gasteiger partial charge on any atom is -0.481 e. The van der Waals surface area contributed by atoms with E-state index in [2.05, 4.69) is 14.7 Å². The van der Waals surface area contributed by atoms with E-state index in [0.29, 0.717) is 17.5 Å². The van der Waals surface area contributed by atoms with Crippen LogP contribution in [0.15, 0.2) is 27.9 Å². The van der Waals surface area contributed by atoms with Crippen molar-refractivity contribution in [2.45, 2.75) is 18.2 Å². The molecule has 1 atom stereocenters. The van der Waals surface area contributed by atoms with Crippen LogP contribution >= 0.6 is 0 Å². The number of hydrogen-bond donors (Lipinski definition) is 4. The summed E-state index contributed by atoms with van der Waals surface area (Å²) in [6.07, 6.45) is 0.321. The Kier molecular flexibility index (Phi) is 4.14. The van der Waals surface area contributed by atoms with Crippen molar-refractivity contribution in [3.8, 4) is 0 Å². The van der Waals surface area contributed by atoms with Crippen molar-refractivity contribution < 1.29 is 18.3 Å². The molecule has 9 heteroatoms. The van der Waals surface area contributed by atoms with Gasteiger partial charge in [-0.2, -0.15) is 0 Å². The van der Waals surface area contributed by atoms with E-state index in [4.69, 9.17) is 5.11 Å². The molecule has 0 aliphatic rings. The highest BCUT2D eigenvalue weighted by Crippen LogP contribution is 2.15. The number of sulfonamides is 1. The topological polar surface area (TPSA) is 132 Å². The van der Waals surface area contributed by atoms with E-state index in [1.165, 1.54) is 18.2 Å². The molecule has 8 nitrogen and oxygen atoms in total. The van der Waals surface area contributed by atoms with Gasteiger partial charge >= 0.3 is 11.7 Å². The number of carboxylic acid groups (broad SMARTS) is 1. The van der Waals surface area contributed by atoms with E-state index in [1.54, 1.807) is 6.92 Å². The SMILES string of the molecule is CCC(CNS(=O)(=O)c1ccc2[nH]c(=O)[nH]c2c1)C(=O)O. The summed E-state index contributed by atoms with van der Waals surface area (Å²) in [6.45, 7) is 1.49. The number of aromatic amines is 2. The smallest absolute Gasteiger partial charge is 0.323 e. The van der Waals surface area contributed by atoms with Crippen LogP contribution < -0.4 is 10.4 Å². The second-order valence-electron chi connectivity index (χ2n) is 4.58. The Bertz CT molecular complexity index is 821. The number of aromatic nitrogens is 2. The first-order valence-corrected chi connectivity index (χ1v) is 7.76. The number of carbonyl (C=O) groups is 1. The van der Waals surface area contributed by atoms with Gasteiger partial charge in [0.1, 0.15) is 0 Å². The summed E-state index contributed by atoms with van der Waals surface area (Å²) in [5.74, 6) is -1.83. The molecule has 2 aromatic rings. The van der Waals surface area contributed by atoms with Gasteiger partial charge in [-0.1, -0.05) is 6.92 Å². The van der Waals surface area contributed by atoms with Crippen molar-refractivity contribution >= 4 is 27.0 Å². The first kappa shape index (κ1) is 15.3. The maximum Gasteiger partial charge on any atom is 0.323 e. The van der Waals surface area contributed by atoms with Crippen molar-refractivity contribution in [1.29, 1.82) is 0 Å². The highest BCUT2D eigenvalue weighted by Gasteiger charge is 2.20. The summed E-state index contributed by atoms with van der Waals surface area (Å²) in [4.78, 5) is 27.0. The van der Waals surface area contributed by atoms with Crippen LogP contribution in [0.2, 0.25) is 0 Å². The van der Waals surface area contributed by atoms with Gasteiger partial charge in [0, 0.05) is 6.54 Å². The van der Waals surface area contributed by atoms with Crippen molar-refractivity contribution in [1.82, 2.24) is 14.7 Å². The number of nitrogens with one attached hydrogen (secondary N) is 3. The molecular weight excluding hydrogens is 298 g/mol. The van der Waals surface area contributed by atoms with Gasteiger partial charge in [-0.25, -0.2) is 17.9 Å². The molecule has 0 aliphatic carbocycles. The Morgan fingerprint density at radius 2 is 2.00 bits per heavy atom. The lowest BCUT2D eigenvalue weighted by molar-refractivity contribution is -0.141. The lowest BCUT2D eigenvalue weighted by atomic mass is 10.1. The Hall–Kier alpha value is -2.13. The molecule has 4 N–H and O–H groups in total. The molecule has 0 spiro atoms. The Labute approximate surface area is 120 Å². The van der Waals surface area contributed by atoms with E-state index >= 15 is 0 Å². The van der Waals surface area contributed by atoms with Crippen molar-refractivity contribution in [3.63, 3.8) is 0 Å². The molecule has 114 valence electrons. The Balaban J connectivity index is 2.24. The van der Waals surface area contributed by atoms with Gasteiger partial charge in [-0.3, -0.25) is 4.79 Å². The molecule has 1 unspecified atom stereocenters. The van der Waals surface area contributed by atoms with E-state index in [9.17, 15) is 18.0 Å². The van der Waals surface area contributed by atoms with Crippen LogP contribution in [0.1, 0.15) is 13.3 Å². The van der Waals surface area contributed by atoms with Gasteiger partial charge < -0.3 is 15.1 Å². The molecule has 0 aliphatic heterocycles. The zero-order valence-electron chi connectivity index (χ0n) is 11.2. The third-order valence-corrected chi connectivity index (χ3v) is 4.58. The zero-order chi connectivity index (χ0) is 15.6. The molecular formula is C12H15N3O5S. The van der Waals surface area contributed by atoms with E-state index in [-0.39, 0.29) is 11.4 Å². The zero-order valence-corrected chi connectivity index (χ0v) is 12.0. The number of rotatable bonds is 6. The maximum atomic E-state index is 12.1. The highest BCUT2D eigenvalue weighted by atomic mass is 32.2. The number of aliphatic carboxylic acids is 1. The minimum absolute atomic E-state index is 0.0366. The van der Waals surface area contributed by atoms with Crippen LogP contribution in [-0.2, 0) is 14.8 Å². The molecule has 0 fully saturated rings. The monoisotopic (exact) mass is 313 g/mol. The van der Waals surface area contributed by atoms with Gasteiger partial charge in [0.15, 0.2) is 0 Å². The molecule has 0 saturated heterocycles. The molecule has 0 radical (unpaired) electrons. The van der Waals surface area contributed by atoms with E-state index in [0.717, 1.165) is 0 Å². The van der Waals surface area contributed by atoms with Crippen LogP contribution in [0.5, 0.6) is 0 Å². The van der Waals surface area contributed by atoms with E-state index < -0.39 is 27.6 Å². The first-order valence-electron chi connectivity index (χ1n) is 6.28. The first-order chi connectivity index (χ1) is 9.83. The molecule has 1 heterocycles. The molecule has 1 aromatic carbocycles. The molecule has 21 heavy (non-hydrogen) atoms. The van der Waals surface area contributed by atoms with Crippen LogP contribution in [-0.4, -0.2) is 36.0 Å². The number of hydrogen-bond acceptors (Lipinski definition) is 4. The van der Waals surface area contributed by atoms with Gasteiger partial charge in [-0.15, -0.1) is 0 Å². The van der Waals surface area contributed by atoms with Gasteiger partial charge in [0.2, 0.25) is 10.0 Å². The van der Waals surface area contributed by atoms with Crippen molar-refractivity contribution in [2.75, 3.05) is 6.54 Å². The second kappa shape index (κ2) is 5.70. The highest BCUT2D eigenvalue weighted by molar-refractivity contribution is 7.89. The largest absolute Gasteiger partial charge is 0.481 e. The average molecular weight is 313 g/mol. The number of H-pyrrole nitrogens is 2. The average Bonchev–Trinajstić information content (AvgIpc) is 2.77. The fourth-order valence-corrected chi connectivity index (χ4v) is 2.99. The minimum atomic E-state index is -3.83. The summed E-state index contributed by atoms with van der Waals surface area (Å²) in [6, 6.07) is 4.13. The quantitative estimate of drug-likeness (QED) is 0.606. The molecule has 0 saturated carbocycles. The van der Waals surface area contributed by atoms with E-state index in [1.807, 2.05) is 0 Å². The normalized spacial score (nSPS) is 13.4. The van der Waals surface area contributed by atoms with Gasteiger partial charge in [-0.05, 0) is 24.6 Å². The fourth-order valence-electron chi connectivity index (χ4n) is 1.88. The summed E-state index contributed by atoms with van der Waals surface area (Å²) in [5.41, 5.74) is 0.438. The van der Waals surface area contributed by atoms with Gasteiger partial charge in [0.05, 0.1) is 21.8 Å². The predicted octanol–water partition coefficient (Wildman–Crippen LogP) is 0.245. The second-order valence-corrected chi connectivity index (χ2v) is 6.35. The van der Waals surface area contributed by atoms with Crippen molar-refractivity contribution in [3.05, 3.63) is 28.7 Å². The molecule has 0 bridgehead atoms. The number of fused-ring (bicyclic) bond motifs is 1. The molecule has 0 amide bonds.